The summed E-state index contributed by atoms with van der Waals surface area (Å²) < 4.78 is 47.9. The van der Waals surface area contributed by atoms with Crippen LogP contribution in [0.4, 0.5) is 9.18 Å². The molecule has 2 N–H and O–H groups in total. The van der Waals surface area contributed by atoms with Gasteiger partial charge in [-0.05, 0) is 35.7 Å². The summed E-state index contributed by atoms with van der Waals surface area (Å²) in [5, 5.41) is 5.78. The number of hydrogen-bond acceptors (Lipinski definition) is 6. The molecule has 8 nitrogen and oxygen atoms in total. The molecule has 0 radical (unpaired) electrons. The Morgan fingerprint density at radius 2 is 1.91 bits per heavy atom. The molecule has 0 aliphatic carbocycles. The number of aryl methyl sites for hydroxylation is 1. The first kappa shape index (κ1) is 24.7. The van der Waals surface area contributed by atoms with Crippen molar-refractivity contribution in [1.29, 1.82) is 0 Å². The van der Waals surface area contributed by atoms with Crippen molar-refractivity contribution >= 4 is 38.7 Å². The number of carbonyl (C=O) groups excluding carboxylic acids is 1. The smallest absolute Gasteiger partial charge is 0.414 e. The van der Waals surface area contributed by atoms with Crippen LogP contribution in [0.5, 0.6) is 5.75 Å². The number of benzene rings is 2. The number of ether oxygens (including phenoxy) is 1. The average molecular weight is 497 g/mol. The van der Waals surface area contributed by atoms with Crippen molar-refractivity contribution in [3.63, 3.8) is 0 Å². The summed E-state index contributed by atoms with van der Waals surface area (Å²) in [6.45, 7) is 1.93. The molecule has 0 fully saturated rings. The van der Waals surface area contributed by atoms with E-state index >= 15 is 0 Å². The third-order valence-corrected chi connectivity index (χ3v) is 6.14. The number of nitrogens with two attached hydrogens (primary N) is 1. The maximum absolute atomic E-state index is 13.9. The van der Waals surface area contributed by atoms with Crippen molar-refractivity contribution in [1.82, 2.24) is 4.90 Å². The number of primary sulfonamides is 1. The normalized spacial score (nSPS) is 11.6. The molecular weight excluding hydrogens is 475 g/mol. The molecule has 11 heteroatoms. The van der Waals surface area contributed by atoms with Gasteiger partial charge in [-0.25, -0.2) is 27.5 Å². The average Bonchev–Trinajstić information content (AvgIpc) is 2.72. The van der Waals surface area contributed by atoms with Crippen LogP contribution < -0.4 is 15.5 Å². The monoisotopic (exact) mass is 496 g/mol. The summed E-state index contributed by atoms with van der Waals surface area (Å²) in [4.78, 5) is 25.3. The van der Waals surface area contributed by atoms with E-state index in [0.29, 0.717) is 29.4 Å². The first-order valence-corrected chi connectivity index (χ1v) is 11.8. The lowest BCUT2D eigenvalue weighted by Crippen LogP contribution is -2.25. The minimum Gasteiger partial charge on any atom is -0.422 e. The molecule has 0 atom stereocenters. The van der Waals surface area contributed by atoms with Gasteiger partial charge in [0.25, 0.3) is 0 Å². The highest BCUT2D eigenvalue weighted by Crippen LogP contribution is 2.33. The van der Waals surface area contributed by atoms with E-state index in [-0.39, 0.29) is 28.3 Å². The van der Waals surface area contributed by atoms with Gasteiger partial charge in [0.05, 0.1) is 5.02 Å². The van der Waals surface area contributed by atoms with Crippen LogP contribution in [-0.4, -0.2) is 33.5 Å². The number of amides is 1. The molecule has 33 heavy (non-hydrogen) atoms. The SMILES string of the molecule is CCCc1c(Cc2ccc(F)c(S(N)(=O)=O)c2)c(=O)oc2cc(OC(=O)N(C)C)c(Cl)cc12. The number of hydrogen-bond donors (Lipinski definition) is 1. The van der Waals surface area contributed by atoms with E-state index in [1.807, 2.05) is 6.92 Å². The standard InChI is InChI=1S/C22H22ClFN2O6S/c1-4-5-13-14-10-16(23)19(32-22(28)26(2)3)11-18(14)31-21(27)15(13)8-12-6-7-17(24)20(9-12)33(25,29)30/h6-7,9-11H,4-5,8H2,1-3H3,(H2,25,29,30). The lowest BCUT2D eigenvalue weighted by atomic mass is 9.95. The van der Waals surface area contributed by atoms with Gasteiger partial charge in [0.15, 0.2) is 5.75 Å². The summed E-state index contributed by atoms with van der Waals surface area (Å²) in [6, 6.07) is 6.38. The zero-order chi connectivity index (χ0) is 24.5. The molecule has 2 aromatic carbocycles. The fraction of sp³-hybridized carbons (Fsp3) is 0.273. The molecule has 0 aliphatic heterocycles. The van der Waals surface area contributed by atoms with Gasteiger partial charge in [-0.3, -0.25) is 0 Å². The molecule has 1 heterocycles. The van der Waals surface area contributed by atoms with E-state index in [1.54, 1.807) is 6.07 Å². The summed E-state index contributed by atoms with van der Waals surface area (Å²) in [6.07, 6.45) is 0.525. The van der Waals surface area contributed by atoms with Gasteiger partial charge in [-0.1, -0.05) is 31.0 Å². The second-order valence-corrected chi connectivity index (χ2v) is 9.56. The summed E-state index contributed by atoms with van der Waals surface area (Å²) in [5.74, 6) is -0.940. The van der Waals surface area contributed by atoms with Crippen molar-refractivity contribution in [2.75, 3.05) is 14.1 Å². The molecule has 0 aliphatic rings. The Balaban J connectivity index is 2.15. The lowest BCUT2D eigenvalue weighted by molar-refractivity contribution is 0.172. The highest BCUT2D eigenvalue weighted by Gasteiger charge is 2.20. The van der Waals surface area contributed by atoms with Crippen LogP contribution in [-0.2, 0) is 22.9 Å². The second-order valence-electron chi connectivity index (χ2n) is 7.62. The van der Waals surface area contributed by atoms with Crippen molar-refractivity contribution in [2.45, 2.75) is 31.1 Å². The van der Waals surface area contributed by atoms with E-state index in [9.17, 15) is 22.4 Å². The summed E-state index contributed by atoms with van der Waals surface area (Å²) in [7, 11) is -1.25. The number of sulfonamides is 1. The van der Waals surface area contributed by atoms with E-state index < -0.39 is 32.5 Å². The fourth-order valence-electron chi connectivity index (χ4n) is 3.36. The van der Waals surface area contributed by atoms with Crippen LogP contribution in [0.1, 0.15) is 30.0 Å². The molecular formula is C22H22ClFN2O6S. The molecule has 0 unspecified atom stereocenters. The molecule has 0 saturated carbocycles. The molecule has 3 rings (SSSR count). The van der Waals surface area contributed by atoms with Crippen LogP contribution >= 0.6 is 11.6 Å². The molecule has 1 aromatic heterocycles. The molecule has 0 spiro atoms. The van der Waals surface area contributed by atoms with Crippen molar-refractivity contribution in [2.24, 2.45) is 5.14 Å². The maximum Gasteiger partial charge on any atom is 0.414 e. The van der Waals surface area contributed by atoms with Gasteiger partial charge >= 0.3 is 11.7 Å². The Morgan fingerprint density at radius 3 is 2.52 bits per heavy atom. The molecule has 0 saturated heterocycles. The highest BCUT2D eigenvalue weighted by atomic mass is 35.5. The van der Waals surface area contributed by atoms with Gasteiger partial charge < -0.3 is 14.1 Å². The van der Waals surface area contributed by atoms with E-state index in [4.69, 9.17) is 25.9 Å². The minimum absolute atomic E-state index is 0.00854. The van der Waals surface area contributed by atoms with E-state index in [2.05, 4.69) is 0 Å². The minimum atomic E-state index is -4.28. The Bertz CT molecular complexity index is 1400. The van der Waals surface area contributed by atoms with Gasteiger partial charge in [0.2, 0.25) is 10.0 Å². The first-order chi connectivity index (χ1) is 15.4. The van der Waals surface area contributed by atoms with Crippen LogP contribution in [0, 0.1) is 5.82 Å². The van der Waals surface area contributed by atoms with Crippen LogP contribution in [0.15, 0.2) is 44.4 Å². The topological polar surface area (TPSA) is 120 Å². The van der Waals surface area contributed by atoms with Crippen LogP contribution in [0.25, 0.3) is 11.0 Å². The van der Waals surface area contributed by atoms with Crippen molar-refractivity contribution in [3.8, 4) is 5.75 Å². The van der Waals surface area contributed by atoms with Gasteiger partial charge in [0, 0.05) is 37.5 Å². The maximum atomic E-state index is 13.9. The van der Waals surface area contributed by atoms with Gasteiger partial charge in [0.1, 0.15) is 16.3 Å². The largest absolute Gasteiger partial charge is 0.422 e. The van der Waals surface area contributed by atoms with Gasteiger partial charge in [-0.2, -0.15) is 0 Å². The Hall–Kier alpha value is -2.95. The summed E-state index contributed by atoms with van der Waals surface area (Å²) in [5.41, 5.74) is 0.831. The molecule has 3 aromatic rings. The van der Waals surface area contributed by atoms with Crippen LogP contribution in [0.3, 0.4) is 0 Å². The zero-order valence-electron chi connectivity index (χ0n) is 18.1. The lowest BCUT2D eigenvalue weighted by Gasteiger charge is -2.15. The quantitative estimate of drug-likeness (QED) is 0.518. The predicted molar refractivity (Wildman–Crippen MR) is 122 cm³/mol. The third-order valence-electron chi connectivity index (χ3n) is 4.92. The van der Waals surface area contributed by atoms with Crippen LogP contribution in [0.2, 0.25) is 5.02 Å². The number of nitrogens with zero attached hydrogens (tertiary/aromatic N) is 1. The third kappa shape index (κ3) is 5.35. The Labute approximate surface area is 194 Å². The Morgan fingerprint density at radius 1 is 1.21 bits per heavy atom. The van der Waals surface area contributed by atoms with E-state index in [1.165, 1.54) is 31.1 Å². The predicted octanol–water partition coefficient (Wildman–Crippen LogP) is 3.84. The molecule has 0 bridgehead atoms. The number of fused-ring (bicyclic) bond motifs is 1. The number of halogens is 2. The molecule has 176 valence electrons. The van der Waals surface area contributed by atoms with E-state index in [0.717, 1.165) is 12.1 Å². The van der Waals surface area contributed by atoms with Crippen molar-refractivity contribution in [3.05, 3.63) is 68.3 Å². The Kier molecular flexibility index (Phi) is 7.11. The fourth-order valence-corrected chi connectivity index (χ4v) is 4.22. The second kappa shape index (κ2) is 9.50. The first-order valence-electron chi connectivity index (χ1n) is 9.90. The van der Waals surface area contributed by atoms with Crippen molar-refractivity contribution < 1.29 is 26.8 Å². The van der Waals surface area contributed by atoms with Gasteiger partial charge in [-0.15, -0.1) is 0 Å². The number of carbonyl (C=O) groups is 1. The highest BCUT2D eigenvalue weighted by molar-refractivity contribution is 7.89. The molecule has 1 amide bonds. The summed E-state index contributed by atoms with van der Waals surface area (Å²) >= 11 is 6.33. The zero-order valence-corrected chi connectivity index (χ0v) is 19.7. The number of rotatable bonds is 6.